The third-order valence-corrected chi connectivity index (χ3v) is 3.66. The summed E-state index contributed by atoms with van der Waals surface area (Å²) in [6.07, 6.45) is 3.89. The fourth-order valence-electron chi connectivity index (χ4n) is 2.41. The van der Waals surface area contributed by atoms with Crippen LogP contribution in [0.5, 0.6) is 5.75 Å². The van der Waals surface area contributed by atoms with Crippen molar-refractivity contribution in [1.29, 1.82) is 0 Å². The van der Waals surface area contributed by atoms with Crippen LogP contribution >= 0.6 is 0 Å². The Morgan fingerprint density at radius 3 is 2.76 bits per heavy atom. The first-order valence-electron chi connectivity index (χ1n) is 7.93. The number of ether oxygens (including phenoxy) is 1. The number of carbonyl (C=O) groups excluding carboxylic acids is 1. The van der Waals surface area contributed by atoms with Gasteiger partial charge in [-0.2, -0.15) is 0 Å². The zero-order valence-corrected chi connectivity index (χ0v) is 13.9. The van der Waals surface area contributed by atoms with Gasteiger partial charge in [0, 0.05) is 6.54 Å². The summed E-state index contributed by atoms with van der Waals surface area (Å²) >= 11 is 0. The van der Waals surface area contributed by atoms with E-state index in [9.17, 15) is 4.79 Å². The summed E-state index contributed by atoms with van der Waals surface area (Å²) in [5.74, 6) is 1.59. The Morgan fingerprint density at radius 1 is 1.16 bits per heavy atom. The Kier molecular flexibility index (Phi) is 5.31. The molecule has 0 radical (unpaired) electrons. The van der Waals surface area contributed by atoms with Crippen molar-refractivity contribution in [3.05, 3.63) is 72.3 Å². The summed E-state index contributed by atoms with van der Waals surface area (Å²) in [6, 6.07) is 14.8. The minimum absolute atomic E-state index is 0.263. The van der Waals surface area contributed by atoms with Gasteiger partial charge in [-0.3, -0.25) is 4.79 Å². The first-order chi connectivity index (χ1) is 12.3. The number of carbonyl (C=O) groups is 1. The highest BCUT2D eigenvalue weighted by Crippen LogP contribution is 2.18. The van der Waals surface area contributed by atoms with E-state index in [0.717, 1.165) is 30.1 Å². The fourth-order valence-corrected chi connectivity index (χ4v) is 2.41. The molecule has 0 aliphatic heterocycles. The van der Waals surface area contributed by atoms with Crippen molar-refractivity contribution < 1.29 is 13.9 Å². The largest absolute Gasteiger partial charge is 0.496 e. The number of para-hydroxylation sites is 1. The van der Waals surface area contributed by atoms with Crippen molar-refractivity contribution in [3.63, 3.8) is 0 Å². The van der Waals surface area contributed by atoms with Crippen LogP contribution in [-0.4, -0.2) is 24.5 Å². The quantitative estimate of drug-likeness (QED) is 0.689. The van der Waals surface area contributed by atoms with E-state index in [1.807, 2.05) is 30.3 Å². The molecule has 0 atom stereocenters. The van der Waals surface area contributed by atoms with Crippen LogP contribution in [0.3, 0.4) is 0 Å². The van der Waals surface area contributed by atoms with Crippen LogP contribution in [-0.2, 0) is 6.42 Å². The highest BCUT2D eigenvalue weighted by atomic mass is 16.5. The molecular weight excluding hydrogens is 318 g/mol. The summed E-state index contributed by atoms with van der Waals surface area (Å²) in [5, 5.41) is 5.98. The van der Waals surface area contributed by atoms with Crippen LogP contribution in [0.2, 0.25) is 0 Å². The van der Waals surface area contributed by atoms with E-state index in [1.165, 1.54) is 6.26 Å². The number of nitrogens with one attached hydrogen (secondary N) is 2. The van der Waals surface area contributed by atoms with Crippen LogP contribution in [0.1, 0.15) is 16.1 Å². The topological polar surface area (TPSA) is 76.4 Å². The number of nitrogens with zero attached hydrogens (tertiary/aromatic N) is 1. The molecule has 0 aliphatic rings. The number of benzene rings is 1. The SMILES string of the molecule is COc1ccccc1CCNc1ccc(NC(=O)c2ccco2)cn1. The molecule has 3 rings (SSSR count). The maximum absolute atomic E-state index is 11.9. The summed E-state index contributed by atoms with van der Waals surface area (Å²) < 4.78 is 10.4. The molecule has 128 valence electrons. The Morgan fingerprint density at radius 2 is 2.04 bits per heavy atom. The van der Waals surface area contributed by atoms with E-state index in [0.29, 0.717) is 5.69 Å². The highest BCUT2D eigenvalue weighted by Gasteiger charge is 2.08. The summed E-state index contributed by atoms with van der Waals surface area (Å²) in [4.78, 5) is 16.2. The Labute approximate surface area is 145 Å². The lowest BCUT2D eigenvalue weighted by molar-refractivity contribution is 0.0996. The first kappa shape index (κ1) is 16.6. The van der Waals surface area contributed by atoms with Crippen molar-refractivity contribution in [2.75, 3.05) is 24.3 Å². The van der Waals surface area contributed by atoms with Gasteiger partial charge in [-0.05, 0) is 42.3 Å². The number of furan rings is 1. The minimum Gasteiger partial charge on any atom is -0.496 e. The van der Waals surface area contributed by atoms with Gasteiger partial charge >= 0.3 is 0 Å². The van der Waals surface area contributed by atoms with Crippen LogP contribution in [0.25, 0.3) is 0 Å². The molecule has 0 aliphatic carbocycles. The molecule has 0 spiro atoms. The van der Waals surface area contributed by atoms with Crippen LogP contribution in [0.15, 0.2) is 65.4 Å². The van der Waals surface area contributed by atoms with Crippen LogP contribution < -0.4 is 15.4 Å². The molecule has 0 unspecified atom stereocenters. The van der Waals surface area contributed by atoms with Crippen molar-refractivity contribution in [2.24, 2.45) is 0 Å². The van der Waals surface area contributed by atoms with Gasteiger partial charge in [0.2, 0.25) is 0 Å². The second-order valence-corrected chi connectivity index (χ2v) is 5.35. The molecule has 0 saturated carbocycles. The third-order valence-electron chi connectivity index (χ3n) is 3.66. The molecule has 6 heteroatoms. The van der Waals surface area contributed by atoms with E-state index in [4.69, 9.17) is 9.15 Å². The first-order valence-corrected chi connectivity index (χ1v) is 7.93. The molecule has 0 bridgehead atoms. The lowest BCUT2D eigenvalue weighted by Crippen LogP contribution is -2.11. The van der Waals surface area contributed by atoms with Gasteiger partial charge in [-0.25, -0.2) is 4.98 Å². The number of methoxy groups -OCH3 is 1. The van der Waals surface area contributed by atoms with Crippen molar-refractivity contribution in [3.8, 4) is 5.75 Å². The zero-order chi connectivity index (χ0) is 17.5. The average Bonchev–Trinajstić information content (AvgIpc) is 3.18. The summed E-state index contributed by atoms with van der Waals surface area (Å²) in [5.41, 5.74) is 1.75. The lowest BCUT2D eigenvalue weighted by Gasteiger charge is -2.10. The van der Waals surface area contributed by atoms with Crippen LogP contribution in [0, 0.1) is 0 Å². The van der Waals surface area contributed by atoms with Gasteiger partial charge in [0.15, 0.2) is 5.76 Å². The number of aromatic nitrogens is 1. The predicted octanol–water partition coefficient (Wildman–Crippen LogP) is 3.59. The van der Waals surface area contributed by atoms with E-state index >= 15 is 0 Å². The average molecular weight is 337 g/mol. The second kappa shape index (κ2) is 8.01. The predicted molar refractivity (Wildman–Crippen MR) is 96.1 cm³/mol. The Balaban J connectivity index is 1.52. The molecule has 2 heterocycles. The number of anilines is 2. The van der Waals surface area contributed by atoms with Gasteiger partial charge in [0.05, 0.1) is 25.3 Å². The molecular formula is C19H19N3O3. The standard InChI is InChI=1S/C19H19N3O3/c1-24-16-6-3-2-5-14(16)10-11-20-18-9-8-15(13-21-18)22-19(23)17-7-4-12-25-17/h2-9,12-13H,10-11H2,1H3,(H,20,21)(H,22,23). The van der Waals surface area contributed by atoms with Gasteiger partial charge in [-0.1, -0.05) is 18.2 Å². The normalized spacial score (nSPS) is 10.3. The van der Waals surface area contributed by atoms with Crippen molar-refractivity contribution in [1.82, 2.24) is 4.98 Å². The van der Waals surface area contributed by atoms with E-state index in [1.54, 1.807) is 31.5 Å². The van der Waals surface area contributed by atoms with Gasteiger partial charge in [-0.15, -0.1) is 0 Å². The Bertz CT molecular complexity index is 814. The molecule has 1 amide bonds. The van der Waals surface area contributed by atoms with Gasteiger partial charge < -0.3 is 19.8 Å². The molecule has 2 aromatic heterocycles. The summed E-state index contributed by atoms with van der Waals surface area (Å²) in [7, 11) is 1.67. The number of amides is 1. The third kappa shape index (κ3) is 4.38. The van der Waals surface area contributed by atoms with Crippen LogP contribution in [0.4, 0.5) is 11.5 Å². The molecule has 3 aromatic rings. The monoisotopic (exact) mass is 337 g/mol. The van der Waals surface area contributed by atoms with E-state index in [-0.39, 0.29) is 11.7 Å². The van der Waals surface area contributed by atoms with Crippen molar-refractivity contribution in [2.45, 2.75) is 6.42 Å². The molecule has 0 fully saturated rings. The van der Waals surface area contributed by atoms with Gasteiger partial charge in [0.1, 0.15) is 11.6 Å². The molecule has 25 heavy (non-hydrogen) atoms. The molecule has 2 N–H and O–H groups in total. The number of pyridine rings is 1. The molecule has 6 nitrogen and oxygen atoms in total. The maximum Gasteiger partial charge on any atom is 0.291 e. The zero-order valence-electron chi connectivity index (χ0n) is 13.9. The maximum atomic E-state index is 11.9. The van der Waals surface area contributed by atoms with Gasteiger partial charge in [0.25, 0.3) is 5.91 Å². The van der Waals surface area contributed by atoms with E-state index in [2.05, 4.69) is 15.6 Å². The Hall–Kier alpha value is -3.28. The highest BCUT2D eigenvalue weighted by molar-refractivity contribution is 6.02. The molecule has 1 aromatic carbocycles. The minimum atomic E-state index is -0.302. The number of hydrogen-bond donors (Lipinski definition) is 2. The van der Waals surface area contributed by atoms with E-state index < -0.39 is 0 Å². The van der Waals surface area contributed by atoms with Crippen molar-refractivity contribution >= 4 is 17.4 Å². The number of hydrogen-bond acceptors (Lipinski definition) is 5. The molecule has 0 saturated heterocycles. The lowest BCUT2D eigenvalue weighted by atomic mass is 10.1. The smallest absolute Gasteiger partial charge is 0.291 e. The number of rotatable bonds is 7. The second-order valence-electron chi connectivity index (χ2n) is 5.35. The fraction of sp³-hybridized carbons (Fsp3) is 0.158. The summed E-state index contributed by atoms with van der Waals surface area (Å²) in [6.45, 7) is 0.728.